The van der Waals surface area contributed by atoms with Crippen LogP contribution in [0.3, 0.4) is 0 Å². The van der Waals surface area contributed by atoms with Gasteiger partial charge in [-0.1, -0.05) is 41.9 Å². The minimum atomic E-state index is -3.22. The minimum absolute atomic E-state index is 0.0633. The molecule has 2 aromatic carbocycles. The van der Waals surface area contributed by atoms with Crippen molar-refractivity contribution in [1.82, 2.24) is 9.21 Å². The van der Waals surface area contributed by atoms with E-state index in [1.165, 1.54) is 10.6 Å². The third-order valence-electron chi connectivity index (χ3n) is 6.39. The molecule has 1 aliphatic carbocycles. The number of Topliss-reactive ketones (excluding diaryl/α,β-unsaturated/α-hetero) is 1. The second-order valence-corrected chi connectivity index (χ2v) is 11.3. The van der Waals surface area contributed by atoms with Crippen molar-refractivity contribution in [1.29, 1.82) is 0 Å². The molecule has 0 saturated heterocycles. The first kappa shape index (κ1) is 24.9. The Morgan fingerprint density at radius 1 is 1.03 bits per heavy atom. The van der Waals surface area contributed by atoms with E-state index in [9.17, 15) is 13.2 Å². The number of ketones is 1. The number of halogens is 1. The third-order valence-corrected chi connectivity index (χ3v) is 8.10. The number of nitrogens with zero attached hydrogens (tertiary/aromatic N) is 2. The largest absolute Gasteiger partial charge is 0.306 e. The lowest BCUT2D eigenvalue weighted by Gasteiger charge is -2.21. The molecule has 1 atom stereocenters. The number of benzene rings is 2. The quantitative estimate of drug-likeness (QED) is 0.360. The molecule has 0 saturated carbocycles. The van der Waals surface area contributed by atoms with Gasteiger partial charge in [0.25, 0.3) is 0 Å². The van der Waals surface area contributed by atoms with Crippen molar-refractivity contribution in [2.24, 2.45) is 0 Å². The number of likely N-dealkylation sites (N-methyl/N-ethyl adjacent to an activating group) is 2. The second-order valence-electron chi connectivity index (χ2n) is 8.85. The normalized spacial score (nSPS) is 16.0. The average molecular weight is 477 g/mol. The Morgan fingerprint density at radius 3 is 2.47 bits per heavy atom. The first-order valence-corrected chi connectivity index (χ1v) is 13.4. The topological polar surface area (TPSA) is 57.7 Å². The highest BCUT2D eigenvalue weighted by atomic mass is 35.5. The van der Waals surface area contributed by atoms with Crippen LogP contribution in [0.15, 0.2) is 42.5 Å². The van der Waals surface area contributed by atoms with Crippen molar-refractivity contribution in [3.63, 3.8) is 0 Å². The minimum Gasteiger partial charge on any atom is -0.306 e. The summed E-state index contributed by atoms with van der Waals surface area (Å²) in [4.78, 5) is 15.0. The lowest BCUT2D eigenvalue weighted by Crippen LogP contribution is -2.36. The molecular formula is C25H33ClN2O3S. The number of unbranched alkanes of at least 4 members (excludes halogenated alkanes) is 1. The molecule has 174 valence electrons. The van der Waals surface area contributed by atoms with Crippen LogP contribution < -0.4 is 0 Å². The Morgan fingerprint density at radius 2 is 1.75 bits per heavy atom. The Kier molecular flexibility index (Phi) is 8.50. The van der Waals surface area contributed by atoms with Crippen molar-refractivity contribution in [3.8, 4) is 0 Å². The monoisotopic (exact) mass is 476 g/mol. The number of hydrogen-bond donors (Lipinski definition) is 0. The van der Waals surface area contributed by atoms with Gasteiger partial charge in [-0.05, 0) is 74.5 Å². The predicted molar refractivity (Wildman–Crippen MR) is 131 cm³/mol. The van der Waals surface area contributed by atoms with E-state index in [1.807, 2.05) is 36.4 Å². The van der Waals surface area contributed by atoms with Crippen molar-refractivity contribution in [2.45, 2.75) is 44.6 Å². The molecule has 0 bridgehead atoms. The molecule has 0 aromatic heterocycles. The molecule has 1 unspecified atom stereocenters. The Bertz CT molecular complexity index is 1050. The van der Waals surface area contributed by atoms with Gasteiger partial charge in [0.2, 0.25) is 10.0 Å². The molecule has 0 heterocycles. The van der Waals surface area contributed by atoms with Crippen LogP contribution in [-0.4, -0.2) is 62.9 Å². The number of rotatable bonds is 11. The number of sulfonamides is 1. The number of hydrogen-bond acceptors (Lipinski definition) is 4. The fraction of sp³-hybridized carbons (Fsp3) is 0.480. The summed E-state index contributed by atoms with van der Waals surface area (Å²) in [5.74, 6) is 0.159. The molecular weight excluding hydrogens is 444 g/mol. The van der Waals surface area contributed by atoms with E-state index in [0.29, 0.717) is 19.3 Å². The molecule has 0 spiro atoms. The Hall–Kier alpha value is -1.73. The molecule has 32 heavy (non-hydrogen) atoms. The molecule has 1 aliphatic rings. The average Bonchev–Trinajstić information content (AvgIpc) is 3.18. The smallest absolute Gasteiger partial charge is 0.211 e. The van der Waals surface area contributed by atoms with E-state index >= 15 is 0 Å². The van der Waals surface area contributed by atoms with Crippen LogP contribution in [-0.2, 0) is 29.3 Å². The van der Waals surface area contributed by atoms with Crippen LogP contribution in [0.2, 0.25) is 5.02 Å². The van der Waals surface area contributed by atoms with E-state index in [2.05, 4.69) is 18.0 Å². The first-order chi connectivity index (χ1) is 15.1. The third kappa shape index (κ3) is 6.64. The van der Waals surface area contributed by atoms with Crippen LogP contribution in [0, 0.1) is 0 Å². The van der Waals surface area contributed by atoms with Gasteiger partial charge in [-0.15, -0.1) is 0 Å². The Balaban J connectivity index is 1.42. The lowest BCUT2D eigenvalue weighted by atomic mass is 10.0. The van der Waals surface area contributed by atoms with Crippen LogP contribution in [0.25, 0.3) is 0 Å². The predicted octanol–water partition coefficient (Wildman–Crippen LogP) is 4.23. The first-order valence-electron chi connectivity index (χ1n) is 11.1. The number of fused-ring (bicyclic) bond motifs is 1. The molecule has 2 aromatic rings. The van der Waals surface area contributed by atoms with Gasteiger partial charge in [-0.2, -0.15) is 0 Å². The molecule has 7 heteroatoms. The summed E-state index contributed by atoms with van der Waals surface area (Å²) < 4.78 is 25.1. The zero-order valence-corrected chi connectivity index (χ0v) is 20.8. The maximum atomic E-state index is 12.7. The van der Waals surface area contributed by atoms with Gasteiger partial charge < -0.3 is 4.90 Å². The summed E-state index contributed by atoms with van der Waals surface area (Å²) >= 11 is 6.22. The van der Waals surface area contributed by atoms with Gasteiger partial charge in [-0.25, -0.2) is 12.7 Å². The van der Waals surface area contributed by atoms with Crippen molar-refractivity contribution >= 4 is 27.4 Å². The van der Waals surface area contributed by atoms with Gasteiger partial charge in [0.1, 0.15) is 0 Å². The Labute approximate surface area is 197 Å². The summed E-state index contributed by atoms with van der Waals surface area (Å²) in [6.07, 6.45) is 5.87. The van der Waals surface area contributed by atoms with E-state index < -0.39 is 10.0 Å². The van der Waals surface area contributed by atoms with Crippen LogP contribution >= 0.6 is 11.6 Å². The molecule has 5 nitrogen and oxygen atoms in total. The van der Waals surface area contributed by atoms with E-state index in [4.69, 9.17) is 11.6 Å². The fourth-order valence-corrected chi connectivity index (χ4v) is 5.15. The highest BCUT2D eigenvalue weighted by Gasteiger charge is 2.29. The molecule has 0 N–H and O–H groups in total. The van der Waals surface area contributed by atoms with Gasteiger partial charge in [-0.3, -0.25) is 4.79 Å². The SMILES string of the molecule is CN(CCCCC(=O)c1ccc2c(c1)CC(N(C)S(C)(=O)=O)C2)CCc1ccccc1Cl. The highest BCUT2D eigenvalue weighted by molar-refractivity contribution is 7.88. The van der Waals surface area contributed by atoms with E-state index in [0.717, 1.165) is 59.6 Å². The van der Waals surface area contributed by atoms with Crippen LogP contribution in [0.1, 0.15) is 46.3 Å². The van der Waals surface area contributed by atoms with Crippen molar-refractivity contribution in [2.75, 3.05) is 33.4 Å². The lowest BCUT2D eigenvalue weighted by molar-refractivity contribution is 0.0978. The summed E-state index contributed by atoms with van der Waals surface area (Å²) in [6.45, 7) is 1.88. The summed E-state index contributed by atoms with van der Waals surface area (Å²) in [6, 6.07) is 13.7. The van der Waals surface area contributed by atoms with Crippen molar-refractivity contribution in [3.05, 3.63) is 69.7 Å². The molecule has 0 amide bonds. The standard InChI is InChI=1S/C25H33ClN2O3S/c1-27(15-13-19-8-4-5-9-24(19)26)14-7-6-10-25(29)21-12-11-20-17-23(18-22(20)16-21)28(2)32(3,30)31/h4-5,8-9,11-12,16,23H,6-7,10,13-15,17-18H2,1-3H3. The molecule has 0 aliphatic heterocycles. The maximum Gasteiger partial charge on any atom is 0.211 e. The molecule has 0 radical (unpaired) electrons. The van der Waals surface area contributed by atoms with Crippen molar-refractivity contribution < 1.29 is 13.2 Å². The summed E-state index contributed by atoms with van der Waals surface area (Å²) in [5, 5.41) is 0.815. The molecule has 3 rings (SSSR count). The number of carbonyl (C=O) groups excluding carboxylic acids is 1. The fourth-order valence-electron chi connectivity index (χ4n) is 4.23. The highest BCUT2D eigenvalue weighted by Crippen LogP contribution is 2.27. The van der Waals surface area contributed by atoms with Crippen LogP contribution in [0.5, 0.6) is 0 Å². The maximum absolute atomic E-state index is 12.7. The summed E-state index contributed by atoms with van der Waals surface area (Å²) in [5.41, 5.74) is 4.13. The molecule has 0 fully saturated rings. The van der Waals surface area contributed by atoms with Gasteiger partial charge in [0, 0.05) is 36.6 Å². The van der Waals surface area contributed by atoms with Gasteiger partial charge in [0.05, 0.1) is 6.26 Å². The second kappa shape index (κ2) is 10.9. The van der Waals surface area contributed by atoms with E-state index in [-0.39, 0.29) is 11.8 Å². The van der Waals surface area contributed by atoms with E-state index in [1.54, 1.807) is 7.05 Å². The van der Waals surface area contributed by atoms with Gasteiger partial charge in [0.15, 0.2) is 5.78 Å². The van der Waals surface area contributed by atoms with Crippen LogP contribution in [0.4, 0.5) is 0 Å². The zero-order chi connectivity index (χ0) is 23.3. The number of carbonyl (C=O) groups is 1. The zero-order valence-electron chi connectivity index (χ0n) is 19.2. The van der Waals surface area contributed by atoms with Gasteiger partial charge >= 0.3 is 0 Å². The summed E-state index contributed by atoms with van der Waals surface area (Å²) in [7, 11) is 0.510.